The van der Waals surface area contributed by atoms with E-state index in [1.54, 1.807) is 18.9 Å². The molecule has 1 atom stereocenters. The van der Waals surface area contributed by atoms with Crippen molar-refractivity contribution in [2.75, 3.05) is 20.7 Å². The third-order valence-corrected chi connectivity index (χ3v) is 1.81. The van der Waals surface area contributed by atoms with Crippen molar-refractivity contribution in [1.82, 2.24) is 15.5 Å². The Labute approximate surface area is 77.7 Å². The summed E-state index contributed by atoms with van der Waals surface area (Å²) in [6.07, 6.45) is 1.42. The maximum atomic E-state index is 11.3. The Kier molecular flexibility index (Phi) is 3.00. The van der Waals surface area contributed by atoms with Gasteiger partial charge in [-0.3, -0.25) is 0 Å². The van der Waals surface area contributed by atoms with Crippen molar-refractivity contribution in [2.24, 2.45) is 0 Å². The molecule has 74 valence electrons. The second-order valence-corrected chi connectivity index (χ2v) is 2.76. The van der Waals surface area contributed by atoms with Crippen molar-refractivity contribution in [3.05, 3.63) is 12.0 Å². The van der Waals surface area contributed by atoms with E-state index in [0.29, 0.717) is 6.61 Å². The van der Waals surface area contributed by atoms with Crippen molar-refractivity contribution < 1.29 is 9.53 Å². The topological polar surface area (TPSA) is 53.6 Å². The van der Waals surface area contributed by atoms with Gasteiger partial charge in [-0.05, 0) is 6.92 Å². The van der Waals surface area contributed by atoms with E-state index >= 15 is 0 Å². The van der Waals surface area contributed by atoms with E-state index in [2.05, 4.69) is 10.6 Å². The van der Waals surface area contributed by atoms with Gasteiger partial charge in [0.05, 0.1) is 6.61 Å². The fourth-order valence-electron chi connectivity index (χ4n) is 1.15. The Hall–Kier alpha value is -1.39. The van der Waals surface area contributed by atoms with E-state index in [9.17, 15) is 4.79 Å². The summed E-state index contributed by atoms with van der Waals surface area (Å²) < 4.78 is 4.88. The number of carbonyl (C=O) groups excluding carboxylic acids is 1. The quantitative estimate of drug-likeness (QED) is 0.577. The molecular weight excluding hydrogens is 170 g/mol. The first-order chi connectivity index (χ1) is 6.19. The summed E-state index contributed by atoms with van der Waals surface area (Å²) in [7, 11) is 3.61. The summed E-state index contributed by atoms with van der Waals surface area (Å²) >= 11 is 0. The van der Waals surface area contributed by atoms with Gasteiger partial charge in [0, 0.05) is 20.3 Å². The standard InChI is InChI=1S/C8H15N3O2/c1-4-13-8(12)7-10-6(9-2)5-11(7)3/h5,7,9-10H,4H2,1-3H3. The van der Waals surface area contributed by atoms with E-state index in [1.807, 2.05) is 13.2 Å². The fraction of sp³-hybridized carbons (Fsp3) is 0.625. The molecule has 1 rings (SSSR count). The van der Waals surface area contributed by atoms with Crippen LogP contribution in [0, 0.1) is 0 Å². The largest absolute Gasteiger partial charge is 0.463 e. The Balaban J connectivity index is 2.52. The first-order valence-corrected chi connectivity index (χ1v) is 4.23. The van der Waals surface area contributed by atoms with Gasteiger partial charge in [0.1, 0.15) is 5.82 Å². The molecule has 0 aromatic rings. The molecule has 0 aliphatic carbocycles. The van der Waals surface area contributed by atoms with Crippen LogP contribution in [0.1, 0.15) is 6.92 Å². The Morgan fingerprint density at radius 2 is 2.54 bits per heavy atom. The molecule has 0 saturated heterocycles. The highest BCUT2D eigenvalue weighted by Gasteiger charge is 2.28. The Bertz CT molecular complexity index is 227. The molecule has 5 nitrogen and oxygen atoms in total. The van der Waals surface area contributed by atoms with Gasteiger partial charge in [-0.1, -0.05) is 0 Å². The summed E-state index contributed by atoms with van der Waals surface area (Å²) in [6.45, 7) is 2.19. The minimum atomic E-state index is -0.401. The Morgan fingerprint density at radius 1 is 1.85 bits per heavy atom. The minimum absolute atomic E-state index is 0.258. The van der Waals surface area contributed by atoms with E-state index in [4.69, 9.17) is 4.74 Å². The molecule has 1 unspecified atom stereocenters. The van der Waals surface area contributed by atoms with Gasteiger partial charge < -0.3 is 20.3 Å². The summed E-state index contributed by atoms with van der Waals surface area (Å²) in [6, 6.07) is 0. The van der Waals surface area contributed by atoms with Crippen molar-refractivity contribution >= 4 is 5.97 Å². The molecule has 0 spiro atoms. The van der Waals surface area contributed by atoms with E-state index in [1.165, 1.54) is 0 Å². The maximum absolute atomic E-state index is 11.3. The molecule has 0 aromatic carbocycles. The normalized spacial score (nSPS) is 20.7. The van der Waals surface area contributed by atoms with E-state index < -0.39 is 6.17 Å². The van der Waals surface area contributed by atoms with Crippen LogP contribution >= 0.6 is 0 Å². The third-order valence-electron chi connectivity index (χ3n) is 1.81. The summed E-state index contributed by atoms with van der Waals surface area (Å²) in [5, 5.41) is 5.90. The highest BCUT2D eigenvalue weighted by Crippen LogP contribution is 2.07. The number of nitrogens with one attached hydrogen (secondary N) is 2. The molecule has 5 heteroatoms. The van der Waals surface area contributed by atoms with Crippen LogP contribution in [-0.2, 0) is 9.53 Å². The van der Waals surface area contributed by atoms with E-state index in [-0.39, 0.29) is 5.97 Å². The smallest absolute Gasteiger partial charge is 0.349 e. The van der Waals surface area contributed by atoms with Crippen LogP contribution in [0.2, 0.25) is 0 Å². The number of esters is 1. The zero-order chi connectivity index (χ0) is 9.84. The van der Waals surface area contributed by atoms with Crippen LogP contribution < -0.4 is 10.6 Å². The van der Waals surface area contributed by atoms with Crippen LogP contribution in [0.25, 0.3) is 0 Å². The molecule has 13 heavy (non-hydrogen) atoms. The number of likely N-dealkylation sites (N-methyl/N-ethyl adjacent to an activating group) is 1. The maximum Gasteiger partial charge on any atom is 0.349 e. The number of hydrogen-bond donors (Lipinski definition) is 2. The zero-order valence-corrected chi connectivity index (χ0v) is 8.13. The number of hydrogen-bond acceptors (Lipinski definition) is 5. The van der Waals surface area contributed by atoms with Gasteiger partial charge in [-0.15, -0.1) is 0 Å². The van der Waals surface area contributed by atoms with Crippen LogP contribution in [0.3, 0.4) is 0 Å². The molecule has 0 amide bonds. The van der Waals surface area contributed by atoms with Crippen LogP contribution in [0.4, 0.5) is 0 Å². The first-order valence-electron chi connectivity index (χ1n) is 4.23. The number of ether oxygens (including phenoxy) is 1. The lowest BCUT2D eigenvalue weighted by molar-refractivity contribution is -0.148. The van der Waals surface area contributed by atoms with Crippen LogP contribution in [0.5, 0.6) is 0 Å². The minimum Gasteiger partial charge on any atom is -0.463 e. The van der Waals surface area contributed by atoms with Crippen molar-refractivity contribution in [1.29, 1.82) is 0 Å². The van der Waals surface area contributed by atoms with Gasteiger partial charge >= 0.3 is 5.97 Å². The molecule has 0 radical (unpaired) electrons. The zero-order valence-electron chi connectivity index (χ0n) is 8.13. The van der Waals surface area contributed by atoms with Gasteiger partial charge in [0.25, 0.3) is 0 Å². The van der Waals surface area contributed by atoms with Crippen molar-refractivity contribution in [2.45, 2.75) is 13.1 Å². The SMILES string of the molecule is CCOC(=O)C1NC(NC)=CN1C. The molecule has 0 saturated carbocycles. The second-order valence-electron chi connectivity index (χ2n) is 2.76. The fourth-order valence-corrected chi connectivity index (χ4v) is 1.15. The number of rotatable bonds is 3. The van der Waals surface area contributed by atoms with Crippen LogP contribution in [-0.4, -0.2) is 37.7 Å². The third kappa shape index (κ3) is 2.05. The van der Waals surface area contributed by atoms with Gasteiger partial charge in [0.15, 0.2) is 0 Å². The molecule has 2 N–H and O–H groups in total. The molecule has 0 fully saturated rings. The average molecular weight is 185 g/mol. The number of carbonyl (C=O) groups is 1. The Morgan fingerprint density at radius 3 is 3.00 bits per heavy atom. The van der Waals surface area contributed by atoms with Gasteiger partial charge in [-0.2, -0.15) is 0 Å². The second kappa shape index (κ2) is 4.02. The number of nitrogens with zero attached hydrogens (tertiary/aromatic N) is 1. The lowest BCUT2D eigenvalue weighted by Gasteiger charge is -2.18. The van der Waals surface area contributed by atoms with Crippen molar-refractivity contribution in [3.63, 3.8) is 0 Å². The summed E-state index contributed by atoms with van der Waals surface area (Å²) in [4.78, 5) is 13.1. The van der Waals surface area contributed by atoms with E-state index in [0.717, 1.165) is 5.82 Å². The molecular formula is C8H15N3O2. The first kappa shape index (κ1) is 9.70. The summed E-state index contributed by atoms with van der Waals surface area (Å²) in [5.74, 6) is 0.562. The van der Waals surface area contributed by atoms with Gasteiger partial charge in [0.2, 0.25) is 6.17 Å². The highest BCUT2D eigenvalue weighted by atomic mass is 16.5. The molecule has 0 bridgehead atoms. The molecule has 1 aliphatic rings. The molecule has 1 aliphatic heterocycles. The predicted molar refractivity (Wildman–Crippen MR) is 48.5 cm³/mol. The lowest BCUT2D eigenvalue weighted by Crippen LogP contribution is -2.43. The predicted octanol–water partition coefficient (Wildman–Crippen LogP) is -0.571. The van der Waals surface area contributed by atoms with Gasteiger partial charge in [-0.25, -0.2) is 4.79 Å². The lowest BCUT2D eigenvalue weighted by atomic mass is 10.5. The van der Waals surface area contributed by atoms with Crippen LogP contribution in [0.15, 0.2) is 12.0 Å². The van der Waals surface area contributed by atoms with Crippen molar-refractivity contribution in [3.8, 4) is 0 Å². The summed E-state index contributed by atoms with van der Waals surface area (Å²) in [5.41, 5.74) is 0. The molecule has 0 aromatic heterocycles. The molecule has 1 heterocycles. The average Bonchev–Trinajstić information content (AvgIpc) is 2.47. The monoisotopic (exact) mass is 185 g/mol. The highest BCUT2D eigenvalue weighted by molar-refractivity contribution is 5.76.